The van der Waals surface area contributed by atoms with Gasteiger partial charge in [0.05, 0.1) is 5.54 Å². The van der Waals surface area contributed by atoms with E-state index in [1.165, 1.54) is 0 Å². The molecule has 8 heteroatoms. The number of benzene rings is 1. The van der Waals surface area contributed by atoms with Crippen molar-refractivity contribution in [2.75, 3.05) is 10.6 Å². The van der Waals surface area contributed by atoms with Crippen molar-refractivity contribution < 1.29 is 9.59 Å². The van der Waals surface area contributed by atoms with E-state index < -0.39 is 5.54 Å². The fourth-order valence-corrected chi connectivity index (χ4v) is 3.05. The van der Waals surface area contributed by atoms with Gasteiger partial charge in [-0.3, -0.25) is 14.6 Å². The van der Waals surface area contributed by atoms with Crippen molar-refractivity contribution >= 4 is 48.0 Å². The molecule has 1 aliphatic carbocycles. The van der Waals surface area contributed by atoms with Gasteiger partial charge in [-0.25, -0.2) is 0 Å². The first-order valence-electron chi connectivity index (χ1n) is 8.49. The van der Waals surface area contributed by atoms with E-state index >= 15 is 0 Å². The summed E-state index contributed by atoms with van der Waals surface area (Å²) in [5.74, 6) is -0.390. The van der Waals surface area contributed by atoms with Crippen LogP contribution >= 0.6 is 24.8 Å². The number of hydrogen-bond acceptors (Lipinski definition) is 4. The van der Waals surface area contributed by atoms with Crippen LogP contribution in [0.4, 0.5) is 11.4 Å². The summed E-state index contributed by atoms with van der Waals surface area (Å²) in [7, 11) is 0. The monoisotopic (exact) mass is 410 g/mol. The highest BCUT2D eigenvalue weighted by atomic mass is 35.5. The van der Waals surface area contributed by atoms with Crippen LogP contribution < -0.4 is 16.4 Å². The molecule has 3 rings (SSSR count). The SMILES string of the molecule is Cl.Cl.NC1(C(=O)Nc2cccc(NC(=O)c3ccncc3)c2)CCCCC1. The number of anilines is 2. The molecule has 0 saturated heterocycles. The molecule has 4 N–H and O–H groups in total. The van der Waals surface area contributed by atoms with Crippen molar-refractivity contribution in [3.63, 3.8) is 0 Å². The minimum Gasteiger partial charge on any atom is -0.324 e. The standard InChI is InChI=1S/C19H22N4O2.2ClH/c20-19(9-2-1-3-10-19)18(25)23-16-6-4-5-15(13-16)22-17(24)14-7-11-21-12-8-14;;/h4-8,11-13H,1-3,9-10,20H2,(H,22,24)(H,23,25);2*1H. The molecule has 0 atom stereocenters. The van der Waals surface area contributed by atoms with Gasteiger partial charge in [0, 0.05) is 29.3 Å². The quantitative estimate of drug-likeness (QED) is 0.713. The lowest BCUT2D eigenvalue weighted by atomic mass is 9.82. The minimum atomic E-state index is -0.797. The molecule has 1 heterocycles. The van der Waals surface area contributed by atoms with E-state index in [0.717, 1.165) is 19.3 Å². The highest BCUT2D eigenvalue weighted by Crippen LogP contribution is 2.27. The van der Waals surface area contributed by atoms with Crippen LogP contribution in [-0.4, -0.2) is 22.3 Å². The van der Waals surface area contributed by atoms with Crippen molar-refractivity contribution in [1.29, 1.82) is 0 Å². The number of aromatic nitrogens is 1. The summed E-state index contributed by atoms with van der Waals surface area (Å²) in [6.07, 6.45) is 7.63. The molecule has 146 valence electrons. The normalized spacial score (nSPS) is 14.9. The van der Waals surface area contributed by atoms with Gasteiger partial charge in [-0.1, -0.05) is 25.3 Å². The van der Waals surface area contributed by atoms with Crippen LogP contribution in [0.5, 0.6) is 0 Å². The molecule has 27 heavy (non-hydrogen) atoms. The lowest BCUT2D eigenvalue weighted by molar-refractivity contribution is -0.122. The van der Waals surface area contributed by atoms with Gasteiger partial charge in [0.25, 0.3) is 5.91 Å². The molecule has 0 aliphatic heterocycles. The van der Waals surface area contributed by atoms with Crippen molar-refractivity contribution in [2.45, 2.75) is 37.6 Å². The van der Waals surface area contributed by atoms with Gasteiger partial charge in [-0.05, 0) is 43.2 Å². The Morgan fingerprint density at radius 2 is 1.52 bits per heavy atom. The van der Waals surface area contributed by atoms with Crippen molar-refractivity contribution in [1.82, 2.24) is 4.98 Å². The van der Waals surface area contributed by atoms with Crippen LogP contribution in [-0.2, 0) is 4.79 Å². The van der Waals surface area contributed by atoms with Crippen molar-refractivity contribution in [3.8, 4) is 0 Å². The first-order chi connectivity index (χ1) is 12.1. The molecule has 1 fully saturated rings. The first kappa shape index (κ1) is 22.9. The van der Waals surface area contributed by atoms with E-state index in [2.05, 4.69) is 15.6 Å². The zero-order valence-electron chi connectivity index (χ0n) is 14.8. The number of hydrogen-bond donors (Lipinski definition) is 3. The second-order valence-electron chi connectivity index (χ2n) is 6.44. The second-order valence-corrected chi connectivity index (χ2v) is 6.44. The van der Waals surface area contributed by atoms with E-state index in [1.54, 1.807) is 48.8 Å². The average Bonchev–Trinajstić information content (AvgIpc) is 2.63. The summed E-state index contributed by atoms with van der Waals surface area (Å²) in [5.41, 5.74) is 7.21. The fraction of sp³-hybridized carbons (Fsp3) is 0.316. The third-order valence-corrected chi connectivity index (χ3v) is 4.52. The van der Waals surface area contributed by atoms with E-state index in [0.29, 0.717) is 29.8 Å². The summed E-state index contributed by atoms with van der Waals surface area (Å²) in [5, 5.41) is 5.69. The second kappa shape index (κ2) is 10.3. The first-order valence-corrected chi connectivity index (χ1v) is 8.49. The smallest absolute Gasteiger partial charge is 0.255 e. The van der Waals surface area contributed by atoms with Gasteiger partial charge in [-0.2, -0.15) is 0 Å². The third-order valence-electron chi connectivity index (χ3n) is 4.52. The Labute approximate surface area is 171 Å². The van der Waals surface area contributed by atoms with Crippen LogP contribution in [0.3, 0.4) is 0 Å². The summed E-state index contributed by atoms with van der Waals surface area (Å²) < 4.78 is 0. The minimum absolute atomic E-state index is 0. The molecule has 2 amide bonds. The lowest BCUT2D eigenvalue weighted by Gasteiger charge is -2.31. The Morgan fingerprint density at radius 1 is 0.926 bits per heavy atom. The van der Waals surface area contributed by atoms with E-state index in [4.69, 9.17) is 5.73 Å². The molecular formula is C19H24Cl2N4O2. The van der Waals surface area contributed by atoms with E-state index in [1.807, 2.05) is 0 Å². The number of amides is 2. The number of pyridine rings is 1. The van der Waals surface area contributed by atoms with Gasteiger partial charge >= 0.3 is 0 Å². The van der Waals surface area contributed by atoms with Crippen molar-refractivity contribution in [2.24, 2.45) is 5.73 Å². The molecule has 1 aliphatic rings. The molecule has 0 radical (unpaired) electrons. The summed E-state index contributed by atoms with van der Waals surface area (Å²) in [4.78, 5) is 28.6. The topological polar surface area (TPSA) is 97.1 Å². The maximum atomic E-state index is 12.5. The maximum absolute atomic E-state index is 12.5. The van der Waals surface area contributed by atoms with Crippen LogP contribution in [0.2, 0.25) is 0 Å². The van der Waals surface area contributed by atoms with E-state index in [9.17, 15) is 9.59 Å². The number of rotatable bonds is 4. The average molecular weight is 411 g/mol. The Bertz CT molecular complexity index is 765. The Hall–Kier alpha value is -2.15. The van der Waals surface area contributed by atoms with Gasteiger partial charge in [0.15, 0.2) is 0 Å². The molecule has 0 unspecified atom stereocenters. The molecule has 6 nitrogen and oxygen atoms in total. The highest BCUT2D eigenvalue weighted by molar-refractivity contribution is 6.05. The molecule has 1 saturated carbocycles. The van der Waals surface area contributed by atoms with Crippen LogP contribution in [0.15, 0.2) is 48.8 Å². The molecule has 2 aromatic rings. The van der Waals surface area contributed by atoms with Crippen molar-refractivity contribution in [3.05, 3.63) is 54.4 Å². The van der Waals surface area contributed by atoms with Crippen LogP contribution in [0.25, 0.3) is 0 Å². The molecule has 0 spiro atoms. The van der Waals surface area contributed by atoms with Crippen LogP contribution in [0, 0.1) is 0 Å². The Balaban J connectivity index is 0.00000182. The zero-order chi connectivity index (χ0) is 17.7. The van der Waals surface area contributed by atoms with Gasteiger partial charge < -0.3 is 16.4 Å². The van der Waals surface area contributed by atoms with Gasteiger partial charge in [-0.15, -0.1) is 24.8 Å². The number of carbonyl (C=O) groups excluding carboxylic acids is 2. The van der Waals surface area contributed by atoms with Gasteiger partial charge in [0.1, 0.15) is 0 Å². The number of nitrogens with one attached hydrogen (secondary N) is 2. The van der Waals surface area contributed by atoms with Crippen LogP contribution in [0.1, 0.15) is 42.5 Å². The van der Waals surface area contributed by atoms with Gasteiger partial charge in [0.2, 0.25) is 5.91 Å². The Morgan fingerprint density at radius 3 is 2.15 bits per heavy atom. The number of nitrogens with zero attached hydrogens (tertiary/aromatic N) is 1. The molecule has 1 aromatic carbocycles. The Kier molecular flexibility index (Phi) is 8.69. The highest BCUT2D eigenvalue weighted by Gasteiger charge is 2.35. The fourth-order valence-electron chi connectivity index (χ4n) is 3.05. The molecule has 1 aromatic heterocycles. The molecule has 0 bridgehead atoms. The molecular weight excluding hydrogens is 387 g/mol. The zero-order valence-corrected chi connectivity index (χ0v) is 16.4. The predicted octanol–water partition coefficient (Wildman–Crippen LogP) is 3.78. The summed E-state index contributed by atoms with van der Waals surface area (Å²) in [6.45, 7) is 0. The summed E-state index contributed by atoms with van der Waals surface area (Å²) in [6, 6.07) is 10.3. The number of carbonyl (C=O) groups is 2. The number of nitrogens with two attached hydrogens (primary N) is 1. The summed E-state index contributed by atoms with van der Waals surface area (Å²) >= 11 is 0. The maximum Gasteiger partial charge on any atom is 0.255 e. The van der Waals surface area contributed by atoms with E-state index in [-0.39, 0.29) is 36.6 Å². The lowest BCUT2D eigenvalue weighted by Crippen LogP contribution is -2.52. The number of halogens is 2. The predicted molar refractivity (Wildman–Crippen MR) is 112 cm³/mol. The third kappa shape index (κ3) is 5.92. The largest absolute Gasteiger partial charge is 0.324 e.